The molecule has 1 aromatic rings. The maximum atomic E-state index is 12.3. The second-order valence-corrected chi connectivity index (χ2v) is 7.48. The van der Waals surface area contributed by atoms with Crippen LogP contribution in [0.5, 0.6) is 0 Å². The van der Waals surface area contributed by atoms with Gasteiger partial charge in [-0.15, -0.1) is 0 Å². The van der Waals surface area contributed by atoms with Crippen molar-refractivity contribution in [2.75, 3.05) is 37.6 Å². The number of amides is 1. The van der Waals surface area contributed by atoms with Crippen molar-refractivity contribution in [1.29, 1.82) is 5.26 Å². The van der Waals surface area contributed by atoms with Crippen LogP contribution in [0.2, 0.25) is 0 Å². The Balaban J connectivity index is 1.46. The summed E-state index contributed by atoms with van der Waals surface area (Å²) in [6.07, 6.45) is 2.92. The molecule has 1 saturated heterocycles. The summed E-state index contributed by atoms with van der Waals surface area (Å²) in [6.45, 7) is 7.59. The lowest BCUT2D eigenvalue weighted by molar-refractivity contribution is -0.123. The first kappa shape index (κ1) is 17.1. The fourth-order valence-electron chi connectivity index (χ4n) is 3.03. The Morgan fingerprint density at radius 3 is 2.67 bits per heavy atom. The molecule has 0 spiro atoms. The Labute approximate surface area is 146 Å². The summed E-state index contributed by atoms with van der Waals surface area (Å²) < 4.78 is 4.33. The number of piperazine rings is 1. The average Bonchev–Trinajstić information content (AvgIpc) is 3.34. The van der Waals surface area contributed by atoms with Crippen LogP contribution in [0.15, 0.2) is 0 Å². The molecule has 0 radical (unpaired) electrons. The Hall–Kier alpha value is -1.72. The Morgan fingerprint density at radius 2 is 2.12 bits per heavy atom. The van der Waals surface area contributed by atoms with Crippen LogP contribution in [-0.2, 0) is 11.2 Å². The summed E-state index contributed by atoms with van der Waals surface area (Å²) in [5, 5.41) is 13.2. The minimum Gasteiger partial charge on any atom is -0.344 e. The molecule has 1 aromatic heterocycles. The van der Waals surface area contributed by atoms with Gasteiger partial charge in [0, 0.05) is 44.1 Å². The smallest absolute Gasteiger partial charge is 0.235 e. The van der Waals surface area contributed by atoms with E-state index in [4.69, 9.17) is 0 Å². The van der Waals surface area contributed by atoms with Crippen molar-refractivity contribution < 1.29 is 4.79 Å². The van der Waals surface area contributed by atoms with Gasteiger partial charge in [0.15, 0.2) is 0 Å². The lowest BCUT2D eigenvalue weighted by atomic mass is 9.98. The van der Waals surface area contributed by atoms with Crippen LogP contribution in [-0.4, -0.2) is 58.4 Å². The number of anilines is 1. The number of hydrogen-bond acceptors (Lipinski definition) is 7. The van der Waals surface area contributed by atoms with E-state index in [9.17, 15) is 10.1 Å². The lowest BCUT2D eigenvalue weighted by Crippen LogP contribution is -2.53. The van der Waals surface area contributed by atoms with Crippen molar-refractivity contribution in [1.82, 2.24) is 19.6 Å². The molecule has 0 unspecified atom stereocenters. The number of nitriles is 1. The van der Waals surface area contributed by atoms with Gasteiger partial charge in [-0.2, -0.15) is 9.64 Å². The van der Waals surface area contributed by atoms with Crippen molar-refractivity contribution in [3.05, 3.63) is 5.82 Å². The molecule has 0 bridgehead atoms. The molecule has 1 amide bonds. The topological polar surface area (TPSA) is 85.2 Å². The van der Waals surface area contributed by atoms with E-state index in [-0.39, 0.29) is 5.91 Å². The number of aromatic nitrogens is 2. The molecule has 2 fully saturated rings. The van der Waals surface area contributed by atoms with Crippen LogP contribution in [0.3, 0.4) is 0 Å². The molecule has 8 heteroatoms. The van der Waals surface area contributed by atoms with E-state index in [1.807, 2.05) is 6.92 Å². The molecular formula is C16H24N6OS. The molecule has 7 nitrogen and oxygen atoms in total. The fraction of sp³-hybridized carbons (Fsp3) is 0.750. The Morgan fingerprint density at radius 1 is 1.42 bits per heavy atom. The quantitative estimate of drug-likeness (QED) is 0.826. The highest BCUT2D eigenvalue weighted by Gasteiger charge is 2.43. The molecule has 0 aromatic carbocycles. The van der Waals surface area contributed by atoms with E-state index in [1.54, 1.807) is 0 Å². The number of carbonyl (C=O) groups is 1. The highest BCUT2D eigenvalue weighted by Crippen LogP contribution is 2.39. The van der Waals surface area contributed by atoms with Crippen LogP contribution in [0.1, 0.15) is 32.5 Å². The zero-order valence-electron chi connectivity index (χ0n) is 14.3. The highest BCUT2D eigenvalue weighted by molar-refractivity contribution is 7.09. The summed E-state index contributed by atoms with van der Waals surface area (Å²) in [5.74, 6) is 1.16. The van der Waals surface area contributed by atoms with Crippen molar-refractivity contribution in [3.63, 3.8) is 0 Å². The van der Waals surface area contributed by atoms with Gasteiger partial charge in [-0.3, -0.25) is 9.69 Å². The predicted octanol–water partition coefficient (Wildman–Crippen LogP) is 1.03. The summed E-state index contributed by atoms with van der Waals surface area (Å²) in [6, 6.07) is 2.27. The minimum atomic E-state index is -0.706. The van der Waals surface area contributed by atoms with Crippen LogP contribution in [0.25, 0.3) is 0 Å². The number of hydrogen-bond donors (Lipinski definition) is 1. The monoisotopic (exact) mass is 348 g/mol. The van der Waals surface area contributed by atoms with E-state index in [2.05, 4.69) is 37.5 Å². The van der Waals surface area contributed by atoms with E-state index in [1.165, 1.54) is 11.5 Å². The maximum Gasteiger partial charge on any atom is 0.235 e. The summed E-state index contributed by atoms with van der Waals surface area (Å²) in [5.41, 5.74) is -0.706. The SMILES string of the molecule is CCc1nsc(N2CCN(CC(=O)N[C@](C)(C#N)C3CC3)CC2)n1. The van der Waals surface area contributed by atoms with Gasteiger partial charge in [0.2, 0.25) is 11.0 Å². The third kappa shape index (κ3) is 3.84. The molecule has 130 valence electrons. The molecule has 2 heterocycles. The first-order valence-corrected chi connectivity index (χ1v) is 9.33. The second kappa shape index (κ2) is 7.03. The highest BCUT2D eigenvalue weighted by atomic mass is 32.1. The van der Waals surface area contributed by atoms with Gasteiger partial charge in [-0.05, 0) is 25.7 Å². The van der Waals surface area contributed by atoms with Crippen LogP contribution in [0, 0.1) is 17.2 Å². The van der Waals surface area contributed by atoms with E-state index < -0.39 is 5.54 Å². The molecule has 3 rings (SSSR count). The summed E-state index contributed by atoms with van der Waals surface area (Å²) in [4.78, 5) is 21.2. The van der Waals surface area contributed by atoms with Crippen molar-refractivity contribution in [3.8, 4) is 6.07 Å². The molecule has 1 atom stereocenters. The van der Waals surface area contributed by atoms with E-state index in [0.717, 1.165) is 56.4 Å². The number of carbonyl (C=O) groups excluding carboxylic acids is 1. The predicted molar refractivity (Wildman–Crippen MR) is 92.8 cm³/mol. The normalized spacial score (nSPS) is 21.1. The van der Waals surface area contributed by atoms with Crippen molar-refractivity contribution in [2.45, 2.75) is 38.6 Å². The lowest BCUT2D eigenvalue weighted by Gasteiger charge is -2.34. The first-order chi connectivity index (χ1) is 11.5. The molecule has 1 saturated carbocycles. The first-order valence-electron chi connectivity index (χ1n) is 8.56. The molecule has 1 aliphatic heterocycles. The Bertz CT molecular complexity index is 629. The zero-order chi connectivity index (χ0) is 17.2. The molecule has 2 aliphatic rings. The van der Waals surface area contributed by atoms with Crippen molar-refractivity contribution >= 4 is 22.6 Å². The van der Waals surface area contributed by atoms with Gasteiger partial charge >= 0.3 is 0 Å². The zero-order valence-corrected chi connectivity index (χ0v) is 15.1. The second-order valence-electron chi connectivity index (χ2n) is 6.75. The van der Waals surface area contributed by atoms with E-state index in [0.29, 0.717) is 12.5 Å². The van der Waals surface area contributed by atoms with E-state index >= 15 is 0 Å². The summed E-state index contributed by atoms with van der Waals surface area (Å²) >= 11 is 1.45. The molecule has 1 N–H and O–H groups in total. The fourth-order valence-corrected chi connectivity index (χ4v) is 3.83. The van der Waals surface area contributed by atoms with Crippen LogP contribution >= 0.6 is 11.5 Å². The van der Waals surface area contributed by atoms with Gasteiger partial charge in [-0.1, -0.05) is 6.92 Å². The minimum absolute atomic E-state index is 0.0522. The molecule has 24 heavy (non-hydrogen) atoms. The number of aryl methyl sites for hydroxylation is 1. The van der Waals surface area contributed by atoms with Gasteiger partial charge < -0.3 is 10.2 Å². The molecular weight excluding hydrogens is 324 g/mol. The number of rotatable bonds is 6. The third-order valence-electron chi connectivity index (χ3n) is 4.81. The van der Waals surface area contributed by atoms with Gasteiger partial charge in [0.05, 0.1) is 12.6 Å². The standard InChI is InChI=1S/C16H24N6OS/c1-3-13-18-15(24-20-13)22-8-6-21(7-9-22)10-14(23)19-16(2,11-17)12-4-5-12/h12H,3-10H2,1-2H3,(H,19,23)/t16-/m1/s1. The van der Waals surface area contributed by atoms with Crippen LogP contribution < -0.4 is 10.2 Å². The summed E-state index contributed by atoms with van der Waals surface area (Å²) in [7, 11) is 0. The van der Waals surface area contributed by atoms with Gasteiger partial charge in [-0.25, -0.2) is 4.98 Å². The third-order valence-corrected chi connectivity index (χ3v) is 5.62. The number of nitrogens with one attached hydrogen (secondary N) is 1. The van der Waals surface area contributed by atoms with Crippen LogP contribution in [0.4, 0.5) is 5.13 Å². The molecule has 1 aliphatic carbocycles. The Kier molecular flexibility index (Phi) is 5.01. The maximum absolute atomic E-state index is 12.3. The number of nitrogens with zero attached hydrogens (tertiary/aromatic N) is 5. The van der Waals surface area contributed by atoms with Gasteiger partial charge in [0.1, 0.15) is 11.4 Å². The van der Waals surface area contributed by atoms with Crippen molar-refractivity contribution in [2.24, 2.45) is 5.92 Å². The van der Waals surface area contributed by atoms with Gasteiger partial charge in [0.25, 0.3) is 0 Å². The largest absolute Gasteiger partial charge is 0.344 e. The average molecular weight is 348 g/mol.